The molecule has 2 atom stereocenters. The Balaban J connectivity index is 1.48. The van der Waals surface area contributed by atoms with Gasteiger partial charge in [-0.25, -0.2) is 13.2 Å². The number of nitrogens with zero attached hydrogens (tertiary/aromatic N) is 5. The van der Waals surface area contributed by atoms with Gasteiger partial charge >= 0.3 is 6.09 Å². The first-order chi connectivity index (χ1) is 23.3. The predicted molar refractivity (Wildman–Crippen MR) is 193 cm³/mol. The van der Waals surface area contributed by atoms with Crippen LogP contribution in [0, 0.1) is 5.92 Å². The summed E-state index contributed by atoms with van der Waals surface area (Å²) >= 11 is 6.20. The number of amides is 1. The van der Waals surface area contributed by atoms with Crippen LogP contribution in [0.4, 0.5) is 10.5 Å². The molecule has 2 aliphatic rings. The lowest BCUT2D eigenvalue weighted by molar-refractivity contribution is 0.114. The Kier molecular flexibility index (Phi) is 11.9. The van der Waals surface area contributed by atoms with Crippen molar-refractivity contribution in [1.29, 1.82) is 0 Å². The Hall–Kier alpha value is -3.20. The van der Waals surface area contributed by atoms with E-state index in [4.69, 9.17) is 11.6 Å². The second-order valence-electron chi connectivity index (χ2n) is 13.2. The Morgan fingerprint density at radius 2 is 1.55 bits per heavy atom. The van der Waals surface area contributed by atoms with E-state index in [2.05, 4.69) is 0 Å². The van der Waals surface area contributed by atoms with Crippen LogP contribution in [-0.4, -0.2) is 105 Å². The summed E-state index contributed by atoms with van der Waals surface area (Å²) in [6, 6.07) is 21.1. The number of fused-ring (bicyclic) bond motifs is 1. The normalized spacial score (nSPS) is 20.9. The largest absolute Gasteiger partial charge is 0.465 e. The van der Waals surface area contributed by atoms with Crippen LogP contribution in [-0.2, 0) is 39.6 Å². The van der Waals surface area contributed by atoms with E-state index in [0.29, 0.717) is 24.3 Å². The van der Waals surface area contributed by atoms with E-state index >= 15 is 0 Å². The quantitative estimate of drug-likeness (QED) is 0.362. The molecule has 1 saturated heterocycles. The van der Waals surface area contributed by atoms with Gasteiger partial charge in [0.05, 0.1) is 4.90 Å². The molecule has 5 rings (SSSR count). The zero-order valence-corrected chi connectivity index (χ0v) is 30.7. The minimum atomic E-state index is -4.02. The molecule has 0 radical (unpaired) electrons. The summed E-state index contributed by atoms with van der Waals surface area (Å²) in [6.07, 6.45) is 0.363. The monoisotopic (exact) mass is 731 g/mol. The molecule has 1 amide bonds. The molecule has 2 unspecified atom stereocenters. The molecule has 2 aliphatic heterocycles. The first-order valence-corrected chi connectivity index (χ1v) is 19.8. The van der Waals surface area contributed by atoms with Gasteiger partial charge in [0.1, 0.15) is 0 Å². The van der Waals surface area contributed by atoms with Crippen LogP contribution in [0.5, 0.6) is 0 Å². The zero-order chi connectivity index (χ0) is 35.3. The van der Waals surface area contributed by atoms with Gasteiger partial charge in [-0.1, -0.05) is 54.9 Å². The maximum absolute atomic E-state index is 14.4. The summed E-state index contributed by atoms with van der Waals surface area (Å²) in [4.78, 5) is 16.1. The van der Waals surface area contributed by atoms with E-state index in [9.17, 15) is 26.7 Å². The molecule has 3 aromatic carbocycles. The number of carboxylic acid groups (broad SMARTS) is 1. The average Bonchev–Trinajstić information content (AvgIpc) is 3.06. The number of carbonyl (C=O) groups is 1. The summed E-state index contributed by atoms with van der Waals surface area (Å²) in [5, 5.41) is 11.0. The third kappa shape index (κ3) is 8.94. The van der Waals surface area contributed by atoms with Crippen molar-refractivity contribution < 1.29 is 26.7 Å². The molecule has 0 spiro atoms. The molecular weight excluding hydrogens is 686 g/mol. The van der Waals surface area contributed by atoms with Crippen LogP contribution in [0.2, 0.25) is 5.02 Å². The predicted octanol–water partition coefficient (Wildman–Crippen LogP) is 5.02. The summed E-state index contributed by atoms with van der Waals surface area (Å²) in [7, 11) is -4.25. The number of anilines is 1. The summed E-state index contributed by atoms with van der Waals surface area (Å²) in [6.45, 7) is 2.75. The van der Waals surface area contributed by atoms with Crippen LogP contribution < -0.4 is 4.90 Å². The molecule has 1 N–H and O–H groups in total. The minimum Gasteiger partial charge on any atom is -0.465 e. The molecule has 14 heteroatoms. The molecule has 2 heterocycles. The number of sulfonamides is 1. The second kappa shape index (κ2) is 15.8. The van der Waals surface area contributed by atoms with Gasteiger partial charge < -0.3 is 14.9 Å². The Morgan fingerprint density at radius 3 is 2.22 bits per heavy atom. The number of hydrogen-bond donors (Lipinski definition) is 1. The van der Waals surface area contributed by atoms with E-state index < -0.39 is 32.4 Å². The highest BCUT2D eigenvalue weighted by Crippen LogP contribution is 2.28. The lowest BCUT2D eigenvalue weighted by Gasteiger charge is -2.37. The van der Waals surface area contributed by atoms with Crippen LogP contribution in [0.3, 0.4) is 0 Å². The molecular formula is C35H46ClN5O6S2. The number of halogens is 1. The first kappa shape index (κ1) is 37.1. The standard InChI is InChI=1S/C35H46ClN5O6S2/c1-27-24-38(48(44,45)34-14-12-32(13-15-34)37(2)3)18-7-19-41(35(42)43)33(22-28-8-5-4-6-9-28)17-21-39(25-27)49(46,47)40-20-16-29-23-31(36)11-10-30(29)26-40/h4-6,8-15,23,27,33H,7,16-22,24-26H2,1-3H3,(H,42,43). The Morgan fingerprint density at radius 1 is 0.857 bits per heavy atom. The van der Waals surface area contributed by atoms with E-state index in [1.165, 1.54) is 17.8 Å². The molecule has 3 aromatic rings. The van der Waals surface area contributed by atoms with Crippen molar-refractivity contribution in [3.63, 3.8) is 0 Å². The highest BCUT2D eigenvalue weighted by Gasteiger charge is 2.36. The molecule has 1 fully saturated rings. The lowest BCUT2D eigenvalue weighted by Crippen LogP contribution is -2.51. The smallest absolute Gasteiger partial charge is 0.407 e. The van der Waals surface area contributed by atoms with Crippen molar-refractivity contribution in [3.8, 4) is 0 Å². The maximum atomic E-state index is 14.4. The number of rotatable bonds is 7. The maximum Gasteiger partial charge on any atom is 0.407 e. The first-order valence-electron chi connectivity index (χ1n) is 16.6. The van der Waals surface area contributed by atoms with E-state index in [0.717, 1.165) is 22.4 Å². The topological polar surface area (TPSA) is 122 Å². The summed E-state index contributed by atoms with van der Waals surface area (Å²) in [5.41, 5.74) is 3.69. The van der Waals surface area contributed by atoms with Crippen LogP contribution in [0.1, 0.15) is 36.5 Å². The fourth-order valence-corrected chi connectivity index (χ4v) is 10.2. The van der Waals surface area contributed by atoms with E-state index in [-0.39, 0.29) is 63.0 Å². The van der Waals surface area contributed by atoms with Gasteiger partial charge in [0.25, 0.3) is 10.2 Å². The zero-order valence-electron chi connectivity index (χ0n) is 28.3. The Labute approximate surface area is 295 Å². The second-order valence-corrected chi connectivity index (χ2v) is 17.5. The highest BCUT2D eigenvalue weighted by atomic mass is 35.5. The molecule has 0 aliphatic carbocycles. The van der Waals surface area contributed by atoms with Crippen molar-refractivity contribution in [2.45, 2.75) is 50.1 Å². The number of benzene rings is 3. The molecule has 0 aromatic heterocycles. The van der Waals surface area contributed by atoms with E-state index in [1.807, 2.05) is 68.4 Å². The number of hydrogen-bond acceptors (Lipinski definition) is 6. The Bertz CT molecular complexity index is 1810. The minimum absolute atomic E-state index is 0.0724. The van der Waals surface area contributed by atoms with Crippen molar-refractivity contribution in [2.24, 2.45) is 5.92 Å². The van der Waals surface area contributed by atoms with Gasteiger partial charge in [0.15, 0.2) is 0 Å². The third-order valence-electron chi connectivity index (χ3n) is 9.34. The molecule has 0 bridgehead atoms. The van der Waals surface area contributed by atoms with Gasteiger partial charge in [-0.3, -0.25) is 0 Å². The van der Waals surface area contributed by atoms with Crippen molar-refractivity contribution in [1.82, 2.24) is 17.8 Å². The fraction of sp³-hybridized carbons (Fsp3) is 0.457. The van der Waals surface area contributed by atoms with Gasteiger partial charge in [-0.05, 0) is 84.7 Å². The van der Waals surface area contributed by atoms with Gasteiger partial charge in [-0.15, -0.1) is 0 Å². The fourth-order valence-electron chi connectivity index (χ4n) is 6.68. The van der Waals surface area contributed by atoms with Gasteiger partial charge in [0, 0.05) is 76.7 Å². The molecule has 0 saturated carbocycles. The molecule has 266 valence electrons. The molecule has 49 heavy (non-hydrogen) atoms. The lowest BCUT2D eigenvalue weighted by atomic mass is 10.0. The summed E-state index contributed by atoms with van der Waals surface area (Å²) in [5.74, 6) is -0.357. The van der Waals surface area contributed by atoms with Crippen LogP contribution in [0.15, 0.2) is 77.7 Å². The summed E-state index contributed by atoms with van der Waals surface area (Å²) < 4.78 is 61.2. The van der Waals surface area contributed by atoms with Crippen molar-refractivity contribution in [3.05, 3.63) is 94.5 Å². The van der Waals surface area contributed by atoms with Crippen molar-refractivity contribution >= 4 is 43.6 Å². The van der Waals surface area contributed by atoms with Crippen molar-refractivity contribution in [2.75, 3.05) is 58.3 Å². The molecule has 11 nitrogen and oxygen atoms in total. The van der Waals surface area contributed by atoms with Crippen LogP contribution in [0.25, 0.3) is 0 Å². The van der Waals surface area contributed by atoms with Crippen LogP contribution >= 0.6 is 11.6 Å². The van der Waals surface area contributed by atoms with Gasteiger partial charge in [0.2, 0.25) is 10.0 Å². The highest BCUT2D eigenvalue weighted by molar-refractivity contribution is 7.89. The SMILES string of the molecule is CC1CN(S(=O)(=O)c2ccc(N(C)C)cc2)CCCN(C(=O)O)C(Cc2ccccc2)CCN(S(=O)(=O)N2CCc3cc(Cl)ccc3C2)C1. The average molecular weight is 732 g/mol. The van der Waals surface area contributed by atoms with Gasteiger partial charge in [-0.2, -0.15) is 21.3 Å². The van der Waals surface area contributed by atoms with E-state index in [1.54, 1.807) is 30.3 Å². The third-order valence-corrected chi connectivity index (χ3v) is 13.4.